The third-order valence-electron chi connectivity index (χ3n) is 2.45. The zero-order valence-corrected chi connectivity index (χ0v) is 13.3. The molecule has 20 heavy (non-hydrogen) atoms. The Morgan fingerprint density at radius 3 is 2.15 bits per heavy atom. The monoisotopic (exact) mass is 300 g/mol. The molecule has 0 aromatic heterocycles. The Morgan fingerprint density at radius 1 is 1.05 bits per heavy atom. The molecule has 1 aromatic rings. The minimum absolute atomic E-state index is 0.127. The molecule has 0 aliphatic carbocycles. The van der Waals surface area contributed by atoms with Crippen molar-refractivity contribution in [3.8, 4) is 5.75 Å². The lowest BCUT2D eigenvalue weighted by atomic mass is 10.3. The van der Waals surface area contributed by atoms with E-state index in [9.17, 15) is 8.42 Å². The van der Waals surface area contributed by atoms with Crippen molar-refractivity contribution in [2.75, 3.05) is 13.2 Å². The van der Waals surface area contributed by atoms with E-state index in [0.29, 0.717) is 18.4 Å². The molecule has 0 fully saturated rings. The van der Waals surface area contributed by atoms with Crippen molar-refractivity contribution in [2.24, 2.45) is 0 Å². The molecule has 0 saturated heterocycles. The number of benzene rings is 1. The largest absolute Gasteiger partial charge is 0.492 e. The number of rotatable bonds is 8. The fraction of sp³-hybridized carbons (Fsp3) is 0.571. The highest BCUT2D eigenvalue weighted by Crippen LogP contribution is 2.16. The minimum atomic E-state index is -3.43. The maximum absolute atomic E-state index is 11.9. The van der Waals surface area contributed by atoms with E-state index in [1.807, 2.05) is 0 Å². The molecule has 0 aliphatic heterocycles. The van der Waals surface area contributed by atoms with E-state index in [1.165, 1.54) is 0 Å². The quantitative estimate of drug-likeness (QED) is 0.718. The first-order valence-electron chi connectivity index (χ1n) is 6.80. The molecule has 6 heteroatoms. The third-order valence-corrected chi connectivity index (χ3v) is 4.12. The van der Waals surface area contributed by atoms with Gasteiger partial charge in [-0.3, -0.25) is 0 Å². The molecule has 0 amide bonds. The fourth-order valence-corrected chi connectivity index (χ4v) is 2.86. The van der Waals surface area contributed by atoms with Crippen molar-refractivity contribution < 1.29 is 13.2 Å². The SMILES string of the molecule is CC(C)NCCOc1ccc(S(=O)(=O)NC(C)C)cc1. The fourth-order valence-electron chi connectivity index (χ4n) is 1.61. The molecule has 0 radical (unpaired) electrons. The van der Waals surface area contributed by atoms with Gasteiger partial charge in [0.15, 0.2) is 0 Å². The van der Waals surface area contributed by atoms with Gasteiger partial charge in [0, 0.05) is 18.6 Å². The smallest absolute Gasteiger partial charge is 0.240 e. The van der Waals surface area contributed by atoms with E-state index in [4.69, 9.17) is 4.74 Å². The zero-order valence-electron chi connectivity index (χ0n) is 12.5. The van der Waals surface area contributed by atoms with Crippen LogP contribution in [0.25, 0.3) is 0 Å². The minimum Gasteiger partial charge on any atom is -0.492 e. The standard InChI is InChI=1S/C14H24N2O3S/c1-11(2)15-9-10-19-13-5-7-14(8-6-13)20(17,18)16-12(3)4/h5-8,11-12,15-16H,9-10H2,1-4H3. The van der Waals surface area contributed by atoms with Crippen LogP contribution >= 0.6 is 0 Å². The van der Waals surface area contributed by atoms with Crippen LogP contribution in [0.15, 0.2) is 29.2 Å². The van der Waals surface area contributed by atoms with Gasteiger partial charge in [-0.15, -0.1) is 0 Å². The lowest BCUT2D eigenvalue weighted by Gasteiger charge is -2.11. The summed E-state index contributed by atoms with van der Waals surface area (Å²) in [5, 5.41) is 3.24. The van der Waals surface area contributed by atoms with E-state index in [1.54, 1.807) is 38.1 Å². The van der Waals surface area contributed by atoms with Crippen molar-refractivity contribution in [1.82, 2.24) is 10.0 Å². The van der Waals surface area contributed by atoms with Crippen molar-refractivity contribution in [3.63, 3.8) is 0 Å². The van der Waals surface area contributed by atoms with Crippen LogP contribution in [0.5, 0.6) is 5.75 Å². The van der Waals surface area contributed by atoms with Gasteiger partial charge in [-0.25, -0.2) is 13.1 Å². The molecule has 0 bridgehead atoms. The highest BCUT2D eigenvalue weighted by molar-refractivity contribution is 7.89. The molecule has 0 heterocycles. The molecule has 5 nitrogen and oxygen atoms in total. The predicted molar refractivity (Wildman–Crippen MR) is 80.5 cm³/mol. The van der Waals surface area contributed by atoms with E-state index in [2.05, 4.69) is 23.9 Å². The summed E-state index contributed by atoms with van der Waals surface area (Å²) in [5.74, 6) is 0.666. The highest BCUT2D eigenvalue weighted by Gasteiger charge is 2.14. The molecule has 0 saturated carbocycles. The normalized spacial score (nSPS) is 12.1. The van der Waals surface area contributed by atoms with E-state index < -0.39 is 10.0 Å². The number of ether oxygens (including phenoxy) is 1. The summed E-state index contributed by atoms with van der Waals surface area (Å²) in [6.45, 7) is 9.03. The number of hydrogen-bond donors (Lipinski definition) is 2. The van der Waals surface area contributed by atoms with Gasteiger partial charge >= 0.3 is 0 Å². The predicted octanol–water partition coefficient (Wildman–Crippen LogP) is 1.75. The summed E-state index contributed by atoms with van der Waals surface area (Å²) in [7, 11) is -3.43. The van der Waals surface area contributed by atoms with Gasteiger partial charge in [-0.2, -0.15) is 0 Å². The second-order valence-electron chi connectivity index (χ2n) is 5.20. The Balaban J connectivity index is 2.56. The first-order valence-corrected chi connectivity index (χ1v) is 8.28. The van der Waals surface area contributed by atoms with Gasteiger partial charge < -0.3 is 10.1 Å². The summed E-state index contributed by atoms with van der Waals surface area (Å²) in [6.07, 6.45) is 0. The van der Waals surface area contributed by atoms with Crippen LogP contribution in [0.4, 0.5) is 0 Å². The summed E-state index contributed by atoms with van der Waals surface area (Å²) < 4.78 is 31.9. The molecule has 1 rings (SSSR count). The Labute approximate surface area is 121 Å². The molecule has 0 unspecified atom stereocenters. The summed E-state index contributed by atoms with van der Waals surface area (Å²) >= 11 is 0. The lowest BCUT2D eigenvalue weighted by molar-refractivity contribution is 0.308. The zero-order chi connectivity index (χ0) is 15.2. The molecule has 1 aromatic carbocycles. The van der Waals surface area contributed by atoms with E-state index >= 15 is 0 Å². The third kappa shape index (κ3) is 5.90. The maximum atomic E-state index is 11.9. The number of nitrogens with one attached hydrogen (secondary N) is 2. The van der Waals surface area contributed by atoms with Gasteiger partial charge in [0.1, 0.15) is 12.4 Å². The molecule has 0 aliphatic rings. The average Bonchev–Trinajstić information content (AvgIpc) is 2.33. The van der Waals surface area contributed by atoms with Crippen LogP contribution < -0.4 is 14.8 Å². The summed E-state index contributed by atoms with van der Waals surface area (Å²) in [6, 6.07) is 6.74. The van der Waals surface area contributed by atoms with Gasteiger partial charge in [-0.05, 0) is 38.1 Å². The maximum Gasteiger partial charge on any atom is 0.240 e. The Bertz CT molecular complexity index is 496. The van der Waals surface area contributed by atoms with Gasteiger partial charge in [0.2, 0.25) is 10.0 Å². The second-order valence-corrected chi connectivity index (χ2v) is 6.92. The van der Waals surface area contributed by atoms with E-state index in [0.717, 1.165) is 6.54 Å². The Morgan fingerprint density at radius 2 is 1.65 bits per heavy atom. The van der Waals surface area contributed by atoms with Crippen molar-refractivity contribution in [1.29, 1.82) is 0 Å². The average molecular weight is 300 g/mol. The highest BCUT2D eigenvalue weighted by atomic mass is 32.2. The number of sulfonamides is 1. The molecule has 0 spiro atoms. The molecule has 2 N–H and O–H groups in total. The van der Waals surface area contributed by atoms with Crippen molar-refractivity contribution >= 4 is 10.0 Å². The van der Waals surface area contributed by atoms with Crippen LogP contribution in [0, 0.1) is 0 Å². The van der Waals surface area contributed by atoms with Gasteiger partial charge in [0.25, 0.3) is 0 Å². The summed E-state index contributed by atoms with van der Waals surface area (Å²) in [4.78, 5) is 0.249. The van der Waals surface area contributed by atoms with Crippen molar-refractivity contribution in [2.45, 2.75) is 44.7 Å². The topological polar surface area (TPSA) is 67.4 Å². The van der Waals surface area contributed by atoms with Crippen LogP contribution in [-0.4, -0.2) is 33.7 Å². The van der Waals surface area contributed by atoms with Crippen LogP contribution in [0.1, 0.15) is 27.7 Å². The van der Waals surface area contributed by atoms with E-state index in [-0.39, 0.29) is 10.9 Å². The first kappa shape index (κ1) is 16.9. The van der Waals surface area contributed by atoms with Gasteiger partial charge in [0.05, 0.1) is 4.90 Å². The van der Waals surface area contributed by atoms with Crippen LogP contribution in [0.2, 0.25) is 0 Å². The lowest BCUT2D eigenvalue weighted by Crippen LogP contribution is -2.30. The first-order chi connectivity index (χ1) is 9.31. The van der Waals surface area contributed by atoms with Crippen LogP contribution in [0.3, 0.4) is 0 Å². The molecule has 0 atom stereocenters. The summed E-state index contributed by atoms with van der Waals surface area (Å²) in [5.41, 5.74) is 0. The molecule has 114 valence electrons. The van der Waals surface area contributed by atoms with Gasteiger partial charge in [-0.1, -0.05) is 13.8 Å². The molecular weight excluding hydrogens is 276 g/mol. The van der Waals surface area contributed by atoms with Crippen molar-refractivity contribution in [3.05, 3.63) is 24.3 Å². The molecular formula is C14H24N2O3S. The second kappa shape index (κ2) is 7.61. The Hall–Kier alpha value is -1.11. The van der Waals surface area contributed by atoms with Crippen LogP contribution in [-0.2, 0) is 10.0 Å². The Kier molecular flexibility index (Phi) is 6.45. The number of hydrogen-bond acceptors (Lipinski definition) is 4.